The van der Waals surface area contributed by atoms with Gasteiger partial charge in [0.1, 0.15) is 31.5 Å². The molecule has 3 atom stereocenters. The van der Waals surface area contributed by atoms with Gasteiger partial charge in [0.15, 0.2) is 0 Å². The lowest BCUT2D eigenvalue weighted by Crippen LogP contribution is -2.45. The van der Waals surface area contributed by atoms with Gasteiger partial charge in [0, 0.05) is 19.3 Å². The molecule has 1 aliphatic carbocycles. The van der Waals surface area contributed by atoms with Crippen molar-refractivity contribution in [3.8, 4) is 5.75 Å². The van der Waals surface area contributed by atoms with E-state index in [1.165, 1.54) is 0 Å². The molecule has 1 aromatic rings. The van der Waals surface area contributed by atoms with Gasteiger partial charge in [0.25, 0.3) is 0 Å². The normalized spacial score (nSPS) is 23.4. The molecule has 0 amide bonds. The lowest BCUT2D eigenvalue weighted by Gasteiger charge is -2.35. The topological polar surface area (TPSA) is 55.4 Å². The maximum atomic E-state index is 6.38. The molecule has 0 heterocycles. The summed E-state index contributed by atoms with van der Waals surface area (Å²) in [6, 6.07) is 7.67. The SMILES string of the molecule is COCO[C@@H]1[C@H](OCc2ccc(OC)cc2)C(Cl)=CC[C@H]1OCOC. The minimum Gasteiger partial charge on any atom is -0.497 e. The highest BCUT2D eigenvalue weighted by molar-refractivity contribution is 6.30. The van der Waals surface area contributed by atoms with Crippen molar-refractivity contribution < 1.29 is 28.4 Å². The Morgan fingerprint density at radius 1 is 0.960 bits per heavy atom. The van der Waals surface area contributed by atoms with E-state index in [4.69, 9.17) is 40.0 Å². The second-order valence-electron chi connectivity index (χ2n) is 5.55. The summed E-state index contributed by atoms with van der Waals surface area (Å²) in [5, 5.41) is 0.604. The van der Waals surface area contributed by atoms with Crippen LogP contribution in [0.5, 0.6) is 5.75 Å². The number of hydrogen-bond donors (Lipinski definition) is 0. The monoisotopic (exact) mass is 372 g/mol. The van der Waals surface area contributed by atoms with Crippen molar-refractivity contribution in [2.45, 2.75) is 31.3 Å². The second-order valence-corrected chi connectivity index (χ2v) is 5.99. The van der Waals surface area contributed by atoms with Gasteiger partial charge in [-0.3, -0.25) is 0 Å². The Hall–Kier alpha value is -1.15. The molecule has 7 heteroatoms. The van der Waals surface area contributed by atoms with Crippen LogP contribution < -0.4 is 4.74 Å². The van der Waals surface area contributed by atoms with E-state index in [1.54, 1.807) is 21.3 Å². The number of ether oxygens (including phenoxy) is 6. The van der Waals surface area contributed by atoms with Crippen LogP contribution in [0.2, 0.25) is 0 Å². The molecule has 0 fully saturated rings. The van der Waals surface area contributed by atoms with Gasteiger partial charge in [0.05, 0.1) is 19.8 Å². The fourth-order valence-electron chi connectivity index (χ4n) is 2.57. The summed E-state index contributed by atoms with van der Waals surface area (Å²) in [5.41, 5.74) is 1.01. The molecular weight excluding hydrogens is 348 g/mol. The van der Waals surface area contributed by atoms with Crippen molar-refractivity contribution in [3.63, 3.8) is 0 Å². The molecular formula is C18H25ClO6. The third-order valence-corrected chi connectivity index (χ3v) is 4.22. The number of benzene rings is 1. The molecule has 140 valence electrons. The van der Waals surface area contributed by atoms with Gasteiger partial charge >= 0.3 is 0 Å². The quantitative estimate of drug-likeness (QED) is 0.588. The van der Waals surface area contributed by atoms with E-state index in [2.05, 4.69) is 0 Å². The molecule has 0 saturated heterocycles. The van der Waals surface area contributed by atoms with Gasteiger partial charge in [0.2, 0.25) is 0 Å². The fraction of sp³-hybridized carbons (Fsp3) is 0.556. The molecule has 6 nitrogen and oxygen atoms in total. The van der Waals surface area contributed by atoms with Gasteiger partial charge in [-0.05, 0) is 24.1 Å². The summed E-state index contributed by atoms with van der Waals surface area (Å²) in [6.45, 7) is 0.695. The molecule has 0 aromatic heterocycles. The van der Waals surface area contributed by atoms with Crippen LogP contribution >= 0.6 is 11.6 Å². The molecule has 0 bridgehead atoms. The predicted octanol–water partition coefficient (Wildman–Crippen LogP) is 3.09. The molecule has 0 radical (unpaired) electrons. The molecule has 2 rings (SSSR count). The number of hydrogen-bond acceptors (Lipinski definition) is 6. The Kier molecular flexibility index (Phi) is 8.67. The molecule has 1 aromatic carbocycles. The molecule has 0 aliphatic heterocycles. The minimum absolute atomic E-state index is 0.129. The van der Waals surface area contributed by atoms with Crippen LogP contribution in [0.4, 0.5) is 0 Å². The summed E-state index contributed by atoms with van der Waals surface area (Å²) in [5.74, 6) is 0.800. The van der Waals surface area contributed by atoms with E-state index in [0.29, 0.717) is 18.1 Å². The molecule has 0 spiro atoms. The Morgan fingerprint density at radius 3 is 2.28 bits per heavy atom. The number of rotatable bonds is 10. The van der Waals surface area contributed by atoms with Gasteiger partial charge in [-0.2, -0.15) is 0 Å². The zero-order chi connectivity index (χ0) is 18.1. The predicted molar refractivity (Wildman–Crippen MR) is 93.6 cm³/mol. The highest BCUT2D eigenvalue weighted by atomic mass is 35.5. The summed E-state index contributed by atoms with van der Waals surface area (Å²) in [4.78, 5) is 0. The van der Waals surface area contributed by atoms with E-state index < -0.39 is 6.10 Å². The highest BCUT2D eigenvalue weighted by Gasteiger charge is 2.37. The first-order valence-electron chi connectivity index (χ1n) is 8.00. The van der Waals surface area contributed by atoms with Crippen LogP contribution in [0, 0.1) is 0 Å². The second kappa shape index (κ2) is 10.8. The Bertz CT molecular complexity index is 533. The van der Waals surface area contributed by atoms with E-state index in [0.717, 1.165) is 11.3 Å². The van der Waals surface area contributed by atoms with Crippen molar-refractivity contribution in [2.24, 2.45) is 0 Å². The van der Waals surface area contributed by atoms with Crippen molar-refractivity contribution >= 4 is 11.6 Å². The zero-order valence-electron chi connectivity index (χ0n) is 14.8. The van der Waals surface area contributed by atoms with Crippen LogP contribution in [-0.4, -0.2) is 53.2 Å². The van der Waals surface area contributed by atoms with Crippen molar-refractivity contribution in [1.29, 1.82) is 0 Å². The van der Waals surface area contributed by atoms with E-state index in [1.807, 2.05) is 30.3 Å². The van der Waals surface area contributed by atoms with Crippen molar-refractivity contribution in [2.75, 3.05) is 34.9 Å². The first kappa shape index (κ1) is 20.2. The molecule has 1 aliphatic rings. The summed E-state index contributed by atoms with van der Waals surface area (Å²) in [6.07, 6.45) is 1.48. The van der Waals surface area contributed by atoms with E-state index in [9.17, 15) is 0 Å². The van der Waals surface area contributed by atoms with Gasteiger partial charge < -0.3 is 28.4 Å². The third-order valence-electron chi connectivity index (χ3n) is 3.85. The fourth-order valence-corrected chi connectivity index (χ4v) is 2.85. The smallest absolute Gasteiger partial charge is 0.146 e. The average molecular weight is 373 g/mol. The minimum atomic E-state index is -0.436. The van der Waals surface area contributed by atoms with E-state index in [-0.39, 0.29) is 25.8 Å². The van der Waals surface area contributed by atoms with Gasteiger partial charge in [-0.25, -0.2) is 0 Å². The maximum absolute atomic E-state index is 6.38. The Labute approximate surface area is 153 Å². The van der Waals surface area contributed by atoms with Crippen molar-refractivity contribution in [3.05, 3.63) is 40.9 Å². The third kappa shape index (κ3) is 5.95. The largest absolute Gasteiger partial charge is 0.497 e. The lowest BCUT2D eigenvalue weighted by molar-refractivity contribution is -0.190. The summed E-state index contributed by atoms with van der Waals surface area (Å²) < 4.78 is 32.7. The summed E-state index contributed by atoms with van der Waals surface area (Å²) >= 11 is 6.38. The standard InChI is InChI=1S/C18H25ClO6/c1-20-11-24-16-9-8-15(19)17(18(16)25-12-21-2)23-10-13-4-6-14(22-3)7-5-13/h4-8,16-18H,9-12H2,1-3H3/t16-,17-,18+/m1/s1. The van der Waals surface area contributed by atoms with Crippen LogP contribution in [0.15, 0.2) is 35.4 Å². The lowest BCUT2D eigenvalue weighted by atomic mass is 9.97. The Balaban J connectivity index is 2.04. The molecule has 0 N–H and O–H groups in total. The van der Waals surface area contributed by atoms with Gasteiger partial charge in [-0.1, -0.05) is 29.8 Å². The van der Waals surface area contributed by atoms with E-state index >= 15 is 0 Å². The summed E-state index contributed by atoms with van der Waals surface area (Å²) in [7, 11) is 4.78. The molecule has 25 heavy (non-hydrogen) atoms. The Morgan fingerprint density at radius 2 is 1.64 bits per heavy atom. The molecule has 0 unspecified atom stereocenters. The van der Waals surface area contributed by atoms with Crippen LogP contribution in [0.3, 0.4) is 0 Å². The van der Waals surface area contributed by atoms with Crippen LogP contribution in [-0.2, 0) is 30.3 Å². The van der Waals surface area contributed by atoms with Crippen molar-refractivity contribution in [1.82, 2.24) is 0 Å². The van der Waals surface area contributed by atoms with Crippen LogP contribution in [0.25, 0.3) is 0 Å². The highest BCUT2D eigenvalue weighted by Crippen LogP contribution is 2.30. The molecule has 0 saturated carbocycles. The van der Waals surface area contributed by atoms with Crippen LogP contribution in [0.1, 0.15) is 12.0 Å². The average Bonchev–Trinajstić information content (AvgIpc) is 2.65. The first-order chi connectivity index (χ1) is 12.2. The zero-order valence-corrected chi connectivity index (χ0v) is 15.5. The first-order valence-corrected chi connectivity index (χ1v) is 8.38. The number of halogens is 1. The number of methoxy groups -OCH3 is 3. The van der Waals surface area contributed by atoms with Gasteiger partial charge in [-0.15, -0.1) is 0 Å². The maximum Gasteiger partial charge on any atom is 0.146 e.